The lowest BCUT2D eigenvalue weighted by atomic mass is 10.2. The first-order valence-electron chi connectivity index (χ1n) is 5.68. The summed E-state index contributed by atoms with van der Waals surface area (Å²) in [6, 6.07) is 10.6. The molecule has 0 spiro atoms. The van der Waals surface area contributed by atoms with Gasteiger partial charge in [0.15, 0.2) is 0 Å². The van der Waals surface area contributed by atoms with E-state index in [1.807, 2.05) is 12.3 Å². The van der Waals surface area contributed by atoms with Gasteiger partial charge in [-0.3, -0.25) is 4.98 Å². The van der Waals surface area contributed by atoms with E-state index in [-0.39, 0.29) is 5.82 Å². The lowest BCUT2D eigenvalue weighted by molar-refractivity contribution is 0.625. The van der Waals surface area contributed by atoms with Gasteiger partial charge in [-0.2, -0.15) is 0 Å². The second kappa shape index (κ2) is 6.11. The van der Waals surface area contributed by atoms with Crippen LogP contribution in [0.15, 0.2) is 48.8 Å². The molecule has 0 fully saturated rings. The van der Waals surface area contributed by atoms with E-state index in [0.29, 0.717) is 0 Å². The molecule has 2 rings (SSSR count). The fraction of sp³-hybridized carbons (Fsp3) is 0.214. The van der Waals surface area contributed by atoms with Crippen LogP contribution in [0.3, 0.4) is 0 Å². The summed E-state index contributed by atoms with van der Waals surface area (Å²) in [5, 5.41) is 3.32. The third kappa shape index (κ3) is 3.96. The minimum atomic E-state index is -0.191. The first-order valence-corrected chi connectivity index (χ1v) is 5.68. The summed E-state index contributed by atoms with van der Waals surface area (Å²) in [4.78, 5) is 4.06. The molecular weight excluding hydrogens is 215 g/mol. The molecule has 1 heterocycles. The highest BCUT2D eigenvalue weighted by atomic mass is 19.1. The summed E-state index contributed by atoms with van der Waals surface area (Å²) in [6.45, 7) is 1.66. The first-order chi connectivity index (χ1) is 8.34. The number of halogens is 1. The van der Waals surface area contributed by atoms with Crippen LogP contribution in [0.25, 0.3) is 0 Å². The molecule has 0 saturated heterocycles. The summed E-state index contributed by atoms with van der Waals surface area (Å²) >= 11 is 0. The van der Waals surface area contributed by atoms with E-state index in [1.54, 1.807) is 18.3 Å². The number of rotatable bonds is 5. The van der Waals surface area contributed by atoms with Crippen molar-refractivity contribution in [3.05, 3.63) is 65.7 Å². The van der Waals surface area contributed by atoms with E-state index in [4.69, 9.17) is 0 Å². The zero-order valence-corrected chi connectivity index (χ0v) is 9.57. The summed E-state index contributed by atoms with van der Waals surface area (Å²) in [5.74, 6) is -0.191. The molecule has 0 atom stereocenters. The Bertz CT molecular complexity index is 440. The molecule has 0 aliphatic heterocycles. The Morgan fingerprint density at radius 1 is 1.06 bits per heavy atom. The van der Waals surface area contributed by atoms with Crippen LogP contribution in [-0.2, 0) is 13.0 Å². The Morgan fingerprint density at radius 2 is 1.88 bits per heavy atom. The molecule has 1 aromatic carbocycles. The molecule has 88 valence electrons. The summed E-state index contributed by atoms with van der Waals surface area (Å²) < 4.78 is 12.7. The van der Waals surface area contributed by atoms with Gasteiger partial charge in [-0.25, -0.2) is 4.39 Å². The maximum absolute atomic E-state index is 12.7. The number of hydrogen-bond acceptors (Lipinski definition) is 2. The van der Waals surface area contributed by atoms with Crippen molar-refractivity contribution in [3.63, 3.8) is 0 Å². The van der Waals surface area contributed by atoms with Gasteiger partial charge >= 0.3 is 0 Å². The van der Waals surface area contributed by atoms with Crippen molar-refractivity contribution >= 4 is 0 Å². The van der Waals surface area contributed by atoms with Crippen LogP contribution in [0, 0.1) is 5.82 Å². The minimum Gasteiger partial charge on any atom is -0.312 e. The molecular formula is C14H15FN2. The molecule has 0 unspecified atom stereocenters. The standard InChI is InChI=1S/C14H15FN2/c15-14-5-3-13(4-6-14)11-17-9-7-12-2-1-8-16-10-12/h1-6,8,10,17H,7,9,11H2. The Morgan fingerprint density at radius 3 is 2.59 bits per heavy atom. The molecule has 0 amide bonds. The van der Waals surface area contributed by atoms with Crippen molar-refractivity contribution in [2.45, 2.75) is 13.0 Å². The van der Waals surface area contributed by atoms with E-state index in [9.17, 15) is 4.39 Å². The van der Waals surface area contributed by atoms with Crippen LogP contribution >= 0.6 is 0 Å². The first kappa shape index (κ1) is 11.7. The lowest BCUT2D eigenvalue weighted by Crippen LogP contribution is -2.16. The van der Waals surface area contributed by atoms with Crippen molar-refractivity contribution in [2.75, 3.05) is 6.54 Å². The normalized spacial score (nSPS) is 10.4. The topological polar surface area (TPSA) is 24.9 Å². The molecule has 2 nitrogen and oxygen atoms in total. The molecule has 17 heavy (non-hydrogen) atoms. The SMILES string of the molecule is Fc1ccc(CNCCc2cccnc2)cc1. The molecule has 1 N–H and O–H groups in total. The predicted molar refractivity (Wildman–Crippen MR) is 66.0 cm³/mol. The van der Waals surface area contributed by atoms with Crippen LogP contribution in [0.5, 0.6) is 0 Å². The zero-order valence-electron chi connectivity index (χ0n) is 9.57. The van der Waals surface area contributed by atoms with Gasteiger partial charge in [0, 0.05) is 18.9 Å². The number of pyridine rings is 1. The van der Waals surface area contributed by atoms with Gasteiger partial charge in [-0.15, -0.1) is 0 Å². The fourth-order valence-electron chi connectivity index (χ4n) is 1.61. The highest BCUT2D eigenvalue weighted by Crippen LogP contribution is 2.02. The molecule has 0 bridgehead atoms. The fourth-order valence-corrected chi connectivity index (χ4v) is 1.61. The van der Waals surface area contributed by atoms with Crippen molar-refractivity contribution in [1.82, 2.24) is 10.3 Å². The predicted octanol–water partition coefficient (Wildman–Crippen LogP) is 2.55. The molecule has 0 aliphatic rings. The van der Waals surface area contributed by atoms with Gasteiger partial charge in [-0.05, 0) is 42.3 Å². The highest BCUT2D eigenvalue weighted by Gasteiger charge is 1.95. The molecule has 2 aromatic rings. The summed E-state index contributed by atoms with van der Waals surface area (Å²) in [5.41, 5.74) is 2.32. The van der Waals surface area contributed by atoms with Crippen molar-refractivity contribution in [3.8, 4) is 0 Å². The van der Waals surface area contributed by atoms with Crippen molar-refractivity contribution in [1.29, 1.82) is 0 Å². The third-order valence-corrected chi connectivity index (χ3v) is 2.56. The van der Waals surface area contributed by atoms with Gasteiger partial charge in [-0.1, -0.05) is 18.2 Å². The zero-order chi connectivity index (χ0) is 11.9. The molecule has 0 saturated carbocycles. The molecule has 0 radical (unpaired) electrons. The maximum atomic E-state index is 12.7. The second-order valence-electron chi connectivity index (χ2n) is 3.91. The Balaban J connectivity index is 1.71. The number of benzene rings is 1. The third-order valence-electron chi connectivity index (χ3n) is 2.56. The number of nitrogens with zero attached hydrogens (tertiary/aromatic N) is 1. The van der Waals surface area contributed by atoms with Crippen LogP contribution in [-0.4, -0.2) is 11.5 Å². The number of nitrogens with one attached hydrogen (secondary N) is 1. The Hall–Kier alpha value is -1.74. The largest absolute Gasteiger partial charge is 0.312 e. The molecule has 1 aromatic heterocycles. The average molecular weight is 230 g/mol. The Labute approximate surface area is 101 Å². The van der Waals surface area contributed by atoms with E-state index < -0.39 is 0 Å². The van der Waals surface area contributed by atoms with Gasteiger partial charge in [0.1, 0.15) is 5.82 Å². The van der Waals surface area contributed by atoms with E-state index in [2.05, 4.69) is 16.4 Å². The van der Waals surface area contributed by atoms with Gasteiger partial charge in [0.2, 0.25) is 0 Å². The molecule has 3 heteroatoms. The smallest absolute Gasteiger partial charge is 0.123 e. The molecule has 0 aliphatic carbocycles. The van der Waals surface area contributed by atoms with Crippen molar-refractivity contribution in [2.24, 2.45) is 0 Å². The monoisotopic (exact) mass is 230 g/mol. The van der Waals surface area contributed by atoms with Crippen LogP contribution < -0.4 is 5.32 Å². The maximum Gasteiger partial charge on any atom is 0.123 e. The highest BCUT2D eigenvalue weighted by molar-refractivity contribution is 5.15. The second-order valence-corrected chi connectivity index (χ2v) is 3.91. The quantitative estimate of drug-likeness (QED) is 0.798. The van der Waals surface area contributed by atoms with Gasteiger partial charge in [0.05, 0.1) is 0 Å². The Kier molecular flexibility index (Phi) is 4.22. The van der Waals surface area contributed by atoms with E-state index in [1.165, 1.54) is 17.7 Å². The average Bonchev–Trinajstić information content (AvgIpc) is 2.38. The van der Waals surface area contributed by atoms with Crippen LogP contribution in [0.4, 0.5) is 4.39 Å². The summed E-state index contributed by atoms with van der Waals surface area (Å²) in [7, 11) is 0. The van der Waals surface area contributed by atoms with Crippen molar-refractivity contribution < 1.29 is 4.39 Å². The number of aromatic nitrogens is 1. The van der Waals surface area contributed by atoms with Gasteiger partial charge < -0.3 is 5.32 Å². The number of hydrogen-bond donors (Lipinski definition) is 1. The lowest BCUT2D eigenvalue weighted by Gasteiger charge is -2.04. The van der Waals surface area contributed by atoms with E-state index in [0.717, 1.165) is 25.1 Å². The minimum absolute atomic E-state index is 0.191. The van der Waals surface area contributed by atoms with Crippen LogP contribution in [0.1, 0.15) is 11.1 Å². The van der Waals surface area contributed by atoms with E-state index >= 15 is 0 Å². The van der Waals surface area contributed by atoms with Gasteiger partial charge in [0.25, 0.3) is 0 Å². The summed E-state index contributed by atoms with van der Waals surface area (Å²) in [6.07, 6.45) is 4.60. The van der Waals surface area contributed by atoms with Crippen LogP contribution in [0.2, 0.25) is 0 Å².